The monoisotopic (exact) mass is 270 g/mol. The van der Waals surface area contributed by atoms with Crippen LogP contribution < -0.4 is 0 Å². The summed E-state index contributed by atoms with van der Waals surface area (Å²) >= 11 is 0. The number of unbranched alkanes of at least 4 members (excludes halogenated alkanes) is 13. The molecule has 0 spiro atoms. The van der Waals surface area contributed by atoms with Crippen molar-refractivity contribution in [1.82, 2.24) is 0 Å². The van der Waals surface area contributed by atoms with Crippen LogP contribution in [-0.4, -0.2) is 11.1 Å². The van der Waals surface area contributed by atoms with E-state index >= 15 is 0 Å². The van der Waals surface area contributed by atoms with E-state index in [-0.39, 0.29) is 0 Å². The van der Waals surface area contributed by atoms with Gasteiger partial charge in [-0.25, -0.2) is 0 Å². The molecule has 0 aliphatic heterocycles. The van der Waals surface area contributed by atoms with Gasteiger partial charge in [0.2, 0.25) is 0 Å². The summed E-state index contributed by atoms with van der Waals surface area (Å²) < 4.78 is 0. The molecule has 2 heteroatoms. The minimum absolute atomic E-state index is 0.345. The van der Waals surface area contributed by atoms with Crippen LogP contribution in [0.25, 0.3) is 0 Å². The van der Waals surface area contributed by atoms with E-state index in [4.69, 9.17) is 5.11 Å². The number of carboxylic acids is 1. The first-order valence-corrected chi connectivity index (χ1v) is 8.49. The van der Waals surface area contributed by atoms with Crippen LogP contribution in [-0.2, 0) is 4.79 Å². The number of aliphatic carboxylic acids is 1. The normalized spacial score (nSPS) is 10.8. The van der Waals surface area contributed by atoms with Gasteiger partial charge in [0.25, 0.3) is 0 Å². The van der Waals surface area contributed by atoms with Gasteiger partial charge in [-0.3, -0.25) is 4.79 Å². The molecule has 19 heavy (non-hydrogen) atoms. The van der Waals surface area contributed by atoms with E-state index < -0.39 is 5.97 Å². The molecule has 0 fully saturated rings. The predicted octanol–water partition coefficient (Wildman–Crippen LogP) is 5.94. The Labute approximate surface area is 120 Å². The van der Waals surface area contributed by atoms with Crippen LogP contribution in [0.15, 0.2) is 0 Å². The van der Waals surface area contributed by atoms with Crippen LogP contribution in [0.2, 0.25) is 0 Å². The summed E-state index contributed by atoms with van der Waals surface area (Å²) in [7, 11) is 0. The Morgan fingerprint density at radius 3 is 1.26 bits per heavy atom. The summed E-state index contributed by atoms with van der Waals surface area (Å²) in [6, 6.07) is 0. The Morgan fingerprint density at radius 2 is 0.947 bits per heavy atom. The van der Waals surface area contributed by atoms with Gasteiger partial charge < -0.3 is 5.11 Å². The standard InChI is InChI=1S/C17H34O2/c1-2-3-4-5-6-7-8-9-10-11-12-13-14-15-16-17(18)19/h2-16H2,1H3,(H,18,19). The number of carbonyl (C=O) groups is 1. The molecular weight excluding hydrogens is 236 g/mol. The van der Waals surface area contributed by atoms with E-state index in [0.717, 1.165) is 12.8 Å². The van der Waals surface area contributed by atoms with Gasteiger partial charge in [0.05, 0.1) is 0 Å². The molecule has 0 saturated heterocycles. The van der Waals surface area contributed by atoms with Crippen molar-refractivity contribution in [3.63, 3.8) is 0 Å². The number of rotatable bonds is 15. The molecule has 0 bridgehead atoms. The average molecular weight is 270 g/mol. The molecule has 0 aliphatic rings. The second-order valence-electron chi connectivity index (χ2n) is 5.74. The first-order chi connectivity index (χ1) is 9.27. The third kappa shape index (κ3) is 17.5. The first kappa shape index (κ1) is 18.5. The lowest BCUT2D eigenvalue weighted by Crippen LogP contribution is -1.93. The van der Waals surface area contributed by atoms with E-state index in [1.165, 1.54) is 77.0 Å². The van der Waals surface area contributed by atoms with Gasteiger partial charge in [0, 0.05) is 6.42 Å². The molecule has 0 rings (SSSR count). The Morgan fingerprint density at radius 1 is 0.632 bits per heavy atom. The quantitative estimate of drug-likeness (QED) is 0.374. The van der Waals surface area contributed by atoms with Gasteiger partial charge in [-0.05, 0) is 6.42 Å². The van der Waals surface area contributed by atoms with Crippen molar-refractivity contribution in [2.24, 2.45) is 0 Å². The molecule has 0 unspecified atom stereocenters. The second kappa shape index (κ2) is 15.5. The van der Waals surface area contributed by atoms with Gasteiger partial charge >= 0.3 is 5.97 Å². The molecule has 0 heterocycles. The van der Waals surface area contributed by atoms with Crippen LogP contribution in [0, 0.1) is 0 Å². The lowest BCUT2D eigenvalue weighted by Gasteiger charge is -2.02. The largest absolute Gasteiger partial charge is 0.481 e. The highest BCUT2D eigenvalue weighted by atomic mass is 16.4. The maximum atomic E-state index is 10.3. The van der Waals surface area contributed by atoms with Gasteiger partial charge in [-0.1, -0.05) is 90.4 Å². The Hall–Kier alpha value is -0.530. The van der Waals surface area contributed by atoms with Crippen LogP contribution in [0.5, 0.6) is 0 Å². The molecule has 1 N–H and O–H groups in total. The fourth-order valence-electron chi connectivity index (χ4n) is 2.47. The Kier molecular flexibility index (Phi) is 15.1. The van der Waals surface area contributed by atoms with E-state index in [1.807, 2.05) is 0 Å². The lowest BCUT2D eigenvalue weighted by atomic mass is 10.0. The third-order valence-corrected chi connectivity index (χ3v) is 3.74. The topological polar surface area (TPSA) is 37.3 Å². The molecule has 0 atom stereocenters. The van der Waals surface area contributed by atoms with Crippen LogP contribution in [0.3, 0.4) is 0 Å². The van der Waals surface area contributed by atoms with Crippen LogP contribution >= 0.6 is 0 Å². The maximum absolute atomic E-state index is 10.3. The van der Waals surface area contributed by atoms with Crippen molar-refractivity contribution < 1.29 is 9.90 Å². The molecule has 0 amide bonds. The number of hydrogen-bond donors (Lipinski definition) is 1. The van der Waals surface area contributed by atoms with Crippen LogP contribution in [0.4, 0.5) is 0 Å². The van der Waals surface area contributed by atoms with Crippen molar-refractivity contribution >= 4 is 5.97 Å². The summed E-state index contributed by atoms with van der Waals surface area (Å²) in [5, 5.41) is 8.50. The van der Waals surface area contributed by atoms with Crippen molar-refractivity contribution in [3.8, 4) is 0 Å². The Bertz CT molecular complexity index is 190. The zero-order valence-corrected chi connectivity index (χ0v) is 13.0. The zero-order valence-electron chi connectivity index (χ0n) is 13.0. The van der Waals surface area contributed by atoms with Gasteiger partial charge in [-0.2, -0.15) is 0 Å². The highest BCUT2D eigenvalue weighted by Gasteiger charge is 1.96. The SMILES string of the molecule is CCCCCCCCCCCCCCCCC(=O)O. The summed E-state index contributed by atoms with van der Waals surface area (Å²) in [5.74, 6) is -0.654. The highest BCUT2D eigenvalue weighted by Crippen LogP contribution is 2.13. The molecule has 0 aliphatic carbocycles. The van der Waals surface area contributed by atoms with Crippen molar-refractivity contribution in [3.05, 3.63) is 0 Å². The summed E-state index contributed by atoms with van der Waals surface area (Å²) in [6.45, 7) is 2.27. The summed E-state index contributed by atoms with van der Waals surface area (Å²) in [4.78, 5) is 10.3. The third-order valence-electron chi connectivity index (χ3n) is 3.74. The molecule has 114 valence electrons. The van der Waals surface area contributed by atoms with E-state index in [0.29, 0.717) is 6.42 Å². The minimum Gasteiger partial charge on any atom is -0.481 e. The molecule has 0 aromatic carbocycles. The van der Waals surface area contributed by atoms with E-state index in [9.17, 15) is 4.79 Å². The minimum atomic E-state index is -0.654. The van der Waals surface area contributed by atoms with E-state index in [2.05, 4.69) is 6.92 Å². The Balaban J connectivity index is 2.93. The van der Waals surface area contributed by atoms with Crippen molar-refractivity contribution in [2.45, 2.75) is 103 Å². The predicted molar refractivity (Wildman–Crippen MR) is 82.6 cm³/mol. The average Bonchev–Trinajstić information content (AvgIpc) is 2.39. The van der Waals surface area contributed by atoms with Crippen LogP contribution in [0.1, 0.15) is 103 Å². The highest BCUT2D eigenvalue weighted by molar-refractivity contribution is 5.66. The van der Waals surface area contributed by atoms with E-state index in [1.54, 1.807) is 0 Å². The summed E-state index contributed by atoms with van der Waals surface area (Å²) in [5.41, 5.74) is 0. The van der Waals surface area contributed by atoms with Gasteiger partial charge in [-0.15, -0.1) is 0 Å². The fourth-order valence-corrected chi connectivity index (χ4v) is 2.47. The van der Waals surface area contributed by atoms with Gasteiger partial charge in [0.15, 0.2) is 0 Å². The molecule has 0 aromatic rings. The smallest absolute Gasteiger partial charge is 0.303 e. The van der Waals surface area contributed by atoms with Crippen molar-refractivity contribution in [2.75, 3.05) is 0 Å². The molecule has 0 saturated carbocycles. The van der Waals surface area contributed by atoms with Crippen molar-refractivity contribution in [1.29, 1.82) is 0 Å². The molecule has 0 radical (unpaired) electrons. The molecule has 2 nitrogen and oxygen atoms in total. The molecule has 0 aromatic heterocycles. The number of carboxylic acid groups (broad SMARTS) is 1. The lowest BCUT2D eigenvalue weighted by molar-refractivity contribution is -0.137. The summed E-state index contributed by atoms with van der Waals surface area (Å²) in [6.07, 6.45) is 18.7. The second-order valence-corrected chi connectivity index (χ2v) is 5.74. The fraction of sp³-hybridized carbons (Fsp3) is 0.941. The maximum Gasteiger partial charge on any atom is 0.303 e. The van der Waals surface area contributed by atoms with Gasteiger partial charge in [0.1, 0.15) is 0 Å². The first-order valence-electron chi connectivity index (χ1n) is 8.49. The number of hydrogen-bond acceptors (Lipinski definition) is 1. The zero-order chi connectivity index (χ0) is 14.2. The molecular formula is C17H34O2.